The van der Waals surface area contributed by atoms with E-state index in [9.17, 15) is 14.4 Å². The van der Waals surface area contributed by atoms with E-state index >= 15 is 0 Å². The van der Waals surface area contributed by atoms with Crippen LogP contribution in [0.3, 0.4) is 0 Å². The minimum atomic E-state index is -0.789. The van der Waals surface area contributed by atoms with Gasteiger partial charge in [-0.2, -0.15) is 0 Å². The molecule has 3 amide bonds. The van der Waals surface area contributed by atoms with Crippen LogP contribution in [0.1, 0.15) is 43.0 Å². The summed E-state index contributed by atoms with van der Waals surface area (Å²) in [7, 11) is 0. The zero-order valence-corrected chi connectivity index (χ0v) is 15.2. The second-order valence-electron chi connectivity index (χ2n) is 5.96. The molecule has 1 aliphatic carbocycles. The Morgan fingerprint density at radius 1 is 1.28 bits per heavy atom. The van der Waals surface area contributed by atoms with E-state index < -0.39 is 24.5 Å². The van der Waals surface area contributed by atoms with Gasteiger partial charge < -0.3 is 10.1 Å². The van der Waals surface area contributed by atoms with Crippen molar-refractivity contribution in [3.63, 3.8) is 0 Å². The van der Waals surface area contributed by atoms with Crippen LogP contribution in [0.5, 0.6) is 0 Å². The van der Waals surface area contributed by atoms with Crippen LogP contribution >= 0.6 is 23.2 Å². The smallest absolute Gasteiger partial charge is 0.340 e. The highest BCUT2D eigenvalue weighted by Crippen LogP contribution is 2.23. The van der Waals surface area contributed by atoms with Gasteiger partial charge in [0, 0.05) is 12.2 Å². The van der Waals surface area contributed by atoms with E-state index in [1.807, 2.05) is 0 Å². The molecule has 0 radical (unpaired) electrons. The first-order valence-electron chi connectivity index (χ1n) is 7.95. The first-order chi connectivity index (χ1) is 11.9. The van der Waals surface area contributed by atoms with Crippen molar-refractivity contribution in [2.24, 2.45) is 5.92 Å². The molecule has 0 unspecified atom stereocenters. The summed E-state index contributed by atoms with van der Waals surface area (Å²) in [5.41, 5.74) is 0.0580. The van der Waals surface area contributed by atoms with Gasteiger partial charge in [-0.3, -0.25) is 10.1 Å². The van der Waals surface area contributed by atoms with Gasteiger partial charge in [0.2, 0.25) is 0 Å². The first kappa shape index (κ1) is 19.5. The molecule has 2 rings (SSSR count). The number of aromatic nitrogens is 1. The van der Waals surface area contributed by atoms with Gasteiger partial charge in [0.25, 0.3) is 5.91 Å². The Kier molecular flexibility index (Phi) is 7.01. The highest BCUT2D eigenvalue weighted by atomic mass is 35.5. The number of esters is 1. The SMILES string of the molecule is C[C@H]1CCCC[C@@H]1NC(=O)NC(=O)COC(=O)c1cnc(Cl)c(Cl)c1. The van der Waals surface area contributed by atoms with Gasteiger partial charge in [0.05, 0.1) is 10.6 Å². The second-order valence-corrected chi connectivity index (χ2v) is 6.73. The third kappa shape index (κ3) is 5.86. The van der Waals surface area contributed by atoms with E-state index in [1.165, 1.54) is 12.3 Å². The molecule has 9 heteroatoms. The summed E-state index contributed by atoms with van der Waals surface area (Å²) >= 11 is 11.4. The molecule has 2 atom stereocenters. The van der Waals surface area contributed by atoms with Crippen LogP contribution in [0.15, 0.2) is 12.3 Å². The average molecular weight is 388 g/mol. The number of amides is 3. The van der Waals surface area contributed by atoms with Crippen LogP contribution in [0, 0.1) is 5.92 Å². The predicted molar refractivity (Wildman–Crippen MR) is 92.6 cm³/mol. The maximum absolute atomic E-state index is 11.8. The molecule has 1 saturated carbocycles. The lowest BCUT2D eigenvalue weighted by molar-refractivity contribution is -0.123. The van der Waals surface area contributed by atoms with Gasteiger partial charge in [-0.15, -0.1) is 0 Å². The summed E-state index contributed by atoms with van der Waals surface area (Å²) in [6.45, 7) is 1.48. The molecule has 0 bridgehead atoms. The van der Waals surface area contributed by atoms with Crippen molar-refractivity contribution in [2.45, 2.75) is 38.6 Å². The van der Waals surface area contributed by atoms with Gasteiger partial charge in [-0.25, -0.2) is 14.6 Å². The molecule has 2 N–H and O–H groups in total. The molecule has 25 heavy (non-hydrogen) atoms. The molecule has 0 aliphatic heterocycles. The van der Waals surface area contributed by atoms with Gasteiger partial charge >= 0.3 is 12.0 Å². The summed E-state index contributed by atoms with van der Waals surface area (Å²) in [4.78, 5) is 39.1. The van der Waals surface area contributed by atoms with Crippen molar-refractivity contribution in [1.82, 2.24) is 15.6 Å². The summed E-state index contributed by atoms with van der Waals surface area (Å²) in [5, 5.41) is 5.08. The molecule has 136 valence electrons. The van der Waals surface area contributed by atoms with Crippen molar-refractivity contribution in [2.75, 3.05) is 6.61 Å². The normalized spacial score (nSPS) is 19.8. The van der Waals surface area contributed by atoms with Crippen LogP contribution in [-0.4, -0.2) is 35.5 Å². The van der Waals surface area contributed by atoms with Crippen LogP contribution in [0.4, 0.5) is 4.79 Å². The van der Waals surface area contributed by atoms with Gasteiger partial charge in [-0.05, 0) is 24.8 Å². The minimum Gasteiger partial charge on any atom is -0.452 e. The second kappa shape index (κ2) is 9.01. The maximum atomic E-state index is 11.8. The van der Waals surface area contributed by atoms with E-state index in [0.29, 0.717) is 5.92 Å². The van der Waals surface area contributed by atoms with Crippen molar-refractivity contribution in [1.29, 1.82) is 0 Å². The zero-order valence-electron chi connectivity index (χ0n) is 13.7. The molecule has 0 saturated heterocycles. The highest BCUT2D eigenvalue weighted by molar-refractivity contribution is 6.41. The molecule has 0 aromatic carbocycles. The Balaban J connectivity index is 1.76. The molecule has 1 aromatic heterocycles. The summed E-state index contributed by atoms with van der Waals surface area (Å²) in [6, 6.07) is 0.747. The number of hydrogen-bond donors (Lipinski definition) is 2. The molecular weight excluding hydrogens is 369 g/mol. The van der Waals surface area contributed by atoms with Crippen molar-refractivity contribution < 1.29 is 19.1 Å². The number of pyridine rings is 1. The highest BCUT2D eigenvalue weighted by Gasteiger charge is 2.23. The third-order valence-electron chi connectivity index (χ3n) is 4.05. The lowest BCUT2D eigenvalue weighted by Gasteiger charge is -2.29. The van der Waals surface area contributed by atoms with E-state index in [1.54, 1.807) is 0 Å². The number of nitrogens with zero attached hydrogens (tertiary/aromatic N) is 1. The molecule has 1 aliphatic rings. The quantitative estimate of drug-likeness (QED) is 0.611. The fraction of sp³-hybridized carbons (Fsp3) is 0.500. The Bertz CT molecular complexity index is 669. The lowest BCUT2D eigenvalue weighted by atomic mass is 9.86. The Labute approximate surface area is 155 Å². The number of nitrogens with one attached hydrogen (secondary N) is 2. The van der Waals surface area contributed by atoms with Crippen molar-refractivity contribution in [3.05, 3.63) is 28.0 Å². The average Bonchev–Trinajstić information content (AvgIpc) is 2.57. The molecule has 1 aromatic rings. The van der Waals surface area contributed by atoms with E-state index in [0.717, 1.165) is 25.7 Å². The zero-order chi connectivity index (χ0) is 18.4. The topological polar surface area (TPSA) is 97.4 Å². The number of rotatable bonds is 4. The van der Waals surface area contributed by atoms with E-state index in [4.69, 9.17) is 27.9 Å². The van der Waals surface area contributed by atoms with E-state index in [-0.39, 0.29) is 21.8 Å². The maximum Gasteiger partial charge on any atom is 0.340 e. The molecule has 1 heterocycles. The summed E-state index contributed by atoms with van der Waals surface area (Å²) in [6.07, 6.45) is 5.33. The third-order valence-corrected chi connectivity index (χ3v) is 4.73. The fourth-order valence-corrected chi connectivity index (χ4v) is 2.91. The standard InChI is InChI=1S/C16H19Cl2N3O4/c1-9-4-2-3-5-12(9)20-16(24)21-13(22)8-25-15(23)10-6-11(17)14(18)19-7-10/h6-7,9,12H,2-5,8H2,1H3,(H2,20,21,22,24)/t9-,12-/m0/s1. The summed E-state index contributed by atoms with van der Waals surface area (Å²) in [5.74, 6) is -1.14. The van der Waals surface area contributed by atoms with Crippen LogP contribution < -0.4 is 10.6 Å². The summed E-state index contributed by atoms with van der Waals surface area (Å²) < 4.78 is 4.82. The predicted octanol–water partition coefficient (Wildman–Crippen LogP) is 2.95. The van der Waals surface area contributed by atoms with Crippen LogP contribution in [0.25, 0.3) is 0 Å². The molecule has 0 spiro atoms. The monoisotopic (exact) mass is 387 g/mol. The Hall–Kier alpha value is -1.86. The van der Waals surface area contributed by atoms with Crippen LogP contribution in [0.2, 0.25) is 10.2 Å². The Morgan fingerprint density at radius 3 is 2.68 bits per heavy atom. The largest absolute Gasteiger partial charge is 0.452 e. The van der Waals surface area contributed by atoms with Gasteiger partial charge in [-0.1, -0.05) is 43.0 Å². The Morgan fingerprint density at radius 2 is 2.00 bits per heavy atom. The van der Waals surface area contributed by atoms with Gasteiger partial charge in [0.15, 0.2) is 6.61 Å². The van der Waals surface area contributed by atoms with Gasteiger partial charge in [0.1, 0.15) is 5.15 Å². The van der Waals surface area contributed by atoms with Crippen LogP contribution in [-0.2, 0) is 9.53 Å². The first-order valence-corrected chi connectivity index (χ1v) is 8.71. The molecule has 7 nitrogen and oxygen atoms in total. The number of urea groups is 1. The number of imide groups is 1. The van der Waals surface area contributed by atoms with Crippen molar-refractivity contribution in [3.8, 4) is 0 Å². The fourth-order valence-electron chi connectivity index (χ4n) is 2.65. The lowest BCUT2D eigenvalue weighted by Crippen LogP contribution is -2.48. The number of ether oxygens (including phenoxy) is 1. The molecular formula is C16H19Cl2N3O4. The number of carbonyl (C=O) groups is 3. The number of halogens is 2. The van der Waals surface area contributed by atoms with Crippen molar-refractivity contribution >= 4 is 41.1 Å². The molecule has 1 fully saturated rings. The van der Waals surface area contributed by atoms with E-state index in [2.05, 4.69) is 22.5 Å². The number of carbonyl (C=O) groups excluding carboxylic acids is 3. The number of hydrogen-bond acceptors (Lipinski definition) is 5. The minimum absolute atomic E-state index is 0.0476.